The molecule has 1 aromatic rings. The van der Waals surface area contributed by atoms with E-state index in [0.717, 1.165) is 37.9 Å². The van der Waals surface area contributed by atoms with Crippen molar-refractivity contribution in [1.82, 2.24) is 10.6 Å². The fourth-order valence-electron chi connectivity index (χ4n) is 2.94. The highest BCUT2D eigenvalue weighted by Crippen LogP contribution is 2.15. The second kappa shape index (κ2) is 9.04. The van der Waals surface area contributed by atoms with Gasteiger partial charge < -0.3 is 15.4 Å². The van der Waals surface area contributed by atoms with Crippen LogP contribution in [0.1, 0.15) is 50.8 Å². The number of piperidine rings is 1. The van der Waals surface area contributed by atoms with Crippen LogP contribution in [0.5, 0.6) is 0 Å². The highest BCUT2D eigenvalue weighted by atomic mass is 16.5. The molecule has 1 aliphatic rings. The molecule has 1 saturated heterocycles. The molecule has 1 amide bonds. The molecule has 128 valence electrons. The van der Waals surface area contributed by atoms with Crippen LogP contribution in [0.2, 0.25) is 0 Å². The van der Waals surface area contributed by atoms with Crippen LogP contribution in [-0.4, -0.2) is 31.7 Å². The van der Waals surface area contributed by atoms with Crippen LogP contribution in [-0.2, 0) is 16.0 Å². The molecule has 0 spiro atoms. The summed E-state index contributed by atoms with van der Waals surface area (Å²) in [7, 11) is 0. The Hall–Kier alpha value is -1.39. The summed E-state index contributed by atoms with van der Waals surface area (Å²) in [6.45, 7) is 8.56. The fourth-order valence-corrected chi connectivity index (χ4v) is 2.94. The van der Waals surface area contributed by atoms with Gasteiger partial charge in [0, 0.05) is 0 Å². The third-order valence-electron chi connectivity index (χ3n) is 4.24. The zero-order valence-corrected chi connectivity index (χ0v) is 14.6. The van der Waals surface area contributed by atoms with Gasteiger partial charge in [-0.2, -0.15) is 0 Å². The molecule has 1 aromatic carbocycles. The van der Waals surface area contributed by atoms with Crippen molar-refractivity contribution < 1.29 is 9.53 Å². The predicted octanol–water partition coefficient (Wildman–Crippen LogP) is 2.83. The van der Waals surface area contributed by atoms with Gasteiger partial charge >= 0.3 is 0 Å². The van der Waals surface area contributed by atoms with Crippen molar-refractivity contribution in [2.75, 3.05) is 19.7 Å². The van der Waals surface area contributed by atoms with Gasteiger partial charge in [-0.1, -0.05) is 38.1 Å². The standard InChI is InChI=1S/C19H30N2O2/c1-14(2)12-16-4-6-17(7-5-16)15(3)21-19(22)13-23-18-8-10-20-11-9-18/h4-7,14-15,18,20H,8-13H2,1-3H3,(H,21,22). The Morgan fingerprint density at radius 1 is 1.22 bits per heavy atom. The van der Waals surface area contributed by atoms with E-state index in [4.69, 9.17) is 4.74 Å². The maximum Gasteiger partial charge on any atom is 0.246 e. The smallest absolute Gasteiger partial charge is 0.246 e. The second-order valence-electron chi connectivity index (χ2n) is 6.89. The van der Waals surface area contributed by atoms with Crippen LogP contribution in [0.15, 0.2) is 24.3 Å². The van der Waals surface area contributed by atoms with E-state index >= 15 is 0 Å². The SMILES string of the molecule is CC(C)Cc1ccc(C(C)NC(=O)COC2CCNCC2)cc1. The largest absolute Gasteiger partial charge is 0.368 e. The van der Waals surface area contributed by atoms with Gasteiger partial charge in [-0.3, -0.25) is 4.79 Å². The van der Waals surface area contributed by atoms with Crippen LogP contribution in [0.3, 0.4) is 0 Å². The van der Waals surface area contributed by atoms with Gasteiger partial charge in [0.05, 0.1) is 12.1 Å². The maximum absolute atomic E-state index is 12.0. The molecule has 4 nitrogen and oxygen atoms in total. The molecule has 0 bridgehead atoms. The molecule has 1 heterocycles. The Balaban J connectivity index is 1.76. The Morgan fingerprint density at radius 3 is 2.48 bits per heavy atom. The third-order valence-corrected chi connectivity index (χ3v) is 4.24. The molecule has 2 N–H and O–H groups in total. The first-order chi connectivity index (χ1) is 11.0. The lowest BCUT2D eigenvalue weighted by atomic mass is 10.00. The number of rotatable bonds is 7. The average molecular weight is 318 g/mol. The van der Waals surface area contributed by atoms with Crippen LogP contribution in [0.4, 0.5) is 0 Å². The lowest BCUT2D eigenvalue weighted by Crippen LogP contribution is -2.36. The van der Waals surface area contributed by atoms with Gasteiger partial charge in [0.25, 0.3) is 0 Å². The first-order valence-electron chi connectivity index (χ1n) is 8.75. The van der Waals surface area contributed by atoms with Gasteiger partial charge in [0.2, 0.25) is 5.91 Å². The van der Waals surface area contributed by atoms with Gasteiger partial charge in [-0.05, 0) is 56.3 Å². The molecule has 2 rings (SSSR count). The molecule has 1 unspecified atom stereocenters. The van der Waals surface area contributed by atoms with Crippen molar-refractivity contribution in [3.8, 4) is 0 Å². The summed E-state index contributed by atoms with van der Waals surface area (Å²) >= 11 is 0. The number of hydrogen-bond acceptors (Lipinski definition) is 3. The van der Waals surface area contributed by atoms with Crippen molar-refractivity contribution >= 4 is 5.91 Å². The van der Waals surface area contributed by atoms with E-state index in [9.17, 15) is 4.79 Å². The lowest BCUT2D eigenvalue weighted by Gasteiger charge is -2.23. The van der Waals surface area contributed by atoms with Crippen LogP contribution in [0.25, 0.3) is 0 Å². The molecule has 0 aliphatic carbocycles. The van der Waals surface area contributed by atoms with Crippen molar-refractivity contribution in [3.05, 3.63) is 35.4 Å². The van der Waals surface area contributed by atoms with Gasteiger partial charge in [-0.25, -0.2) is 0 Å². The van der Waals surface area contributed by atoms with Gasteiger partial charge in [-0.15, -0.1) is 0 Å². The molecule has 1 atom stereocenters. The minimum absolute atomic E-state index is 0.00669. The summed E-state index contributed by atoms with van der Waals surface area (Å²) in [4.78, 5) is 12.0. The second-order valence-corrected chi connectivity index (χ2v) is 6.89. The maximum atomic E-state index is 12.0. The predicted molar refractivity (Wildman–Crippen MR) is 93.4 cm³/mol. The molecule has 0 aromatic heterocycles. The first-order valence-corrected chi connectivity index (χ1v) is 8.75. The van der Waals surface area contributed by atoms with E-state index in [1.807, 2.05) is 6.92 Å². The zero-order valence-electron chi connectivity index (χ0n) is 14.6. The normalized spacial score (nSPS) is 17.2. The van der Waals surface area contributed by atoms with Crippen LogP contribution < -0.4 is 10.6 Å². The number of benzene rings is 1. The van der Waals surface area contributed by atoms with Crippen molar-refractivity contribution in [3.63, 3.8) is 0 Å². The Kier molecular flexibility index (Phi) is 7.06. The molecular formula is C19H30N2O2. The quantitative estimate of drug-likeness (QED) is 0.813. The van der Waals surface area contributed by atoms with E-state index in [-0.39, 0.29) is 24.7 Å². The van der Waals surface area contributed by atoms with Crippen molar-refractivity contribution in [1.29, 1.82) is 0 Å². The molecule has 0 radical (unpaired) electrons. The minimum Gasteiger partial charge on any atom is -0.368 e. The number of carbonyl (C=O) groups is 1. The Labute approximate surface area is 140 Å². The molecule has 1 aliphatic heterocycles. The first kappa shape index (κ1) is 18.0. The lowest BCUT2D eigenvalue weighted by molar-refractivity contribution is -0.128. The highest BCUT2D eigenvalue weighted by Gasteiger charge is 2.16. The van der Waals surface area contributed by atoms with E-state index in [0.29, 0.717) is 5.92 Å². The Bertz CT molecular complexity index is 479. The molecule has 23 heavy (non-hydrogen) atoms. The number of ether oxygens (including phenoxy) is 1. The van der Waals surface area contributed by atoms with Crippen LogP contribution in [0, 0.1) is 5.92 Å². The summed E-state index contributed by atoms with van der Waals surface area (Å²) in [5.41, 5.74) is 2.48. The van der Waals surface area contributed by atoms with Crippen molar-refractivity contribution in [2.45, 2.75) is 52.2 Å². The van der Waals surface area contributed by atoms with Crippen LogP contribution >= 0.6 is 0 Å². The summed E-state index contributed by atoms with van der Waals surface area (Å²) in [6.07, 6.45) is 3.28. The average Bonchev–Trinajstić information content (AvgIpc) is 2.54. The molecule has 4 heteroatoms. The monoisotopic (exact) mass is 318 g/mol. The molecule has 1 fully saturated rings. The summed E-state index contributed by atoms with van der Waals surface area (Å²) in [5.74, 6) is 0.618. The zero-order chi connectivity index (χ0) is 16.7. The molecule has 0 saturated carbocycles. The number of carbonyl (C=O) groups excluding carboxylic acids is 1. The summed E-state index contributed by atoms with van der Waals surface area (Å²) in [6, 6.07) is 8.53. The van der Waals surface area contributed by atoms with E-state index in [2.05, 4.69) is 48.7 Å². The van der Waals surface area contributed by atoms with E-state index < -0.39 is 0 Å². The van der Waals surface area contributed by atoms with Gasteiger partial charge in [0.1, 0.15) is 6.61 Å². The topological polar surface area (TPSA) is 50.4 Å². The van der Waals surface area contributed by atoms with Crippen molar-refractivity contribution in [2.24, 2.45) is 5.92 Å². The number of nitrogens with one attached hydrogen (secondary N) is 2. The minimum atomic E-state index is -0.0395. The highest BCUT2D eigenvalue weighted by molar-refractivity contribution is 5.77. The summed E-state index contributed by atoms with van der Waals surface area (Å²) < 4.78 is 5.69. The number of hydrogen-bond donors (Lipinski definition) is 2. The van der Waals surface area contributed by atoms with Gasteiger partial charge in [0.15, 0.2) is 0 Å². The molecular weight excluding hydrogens is 288 g/mol. The van der Waals surface area contributed by atoms with E-state index in [1.54, 1.807) is 0 Å². The fraction of sp³-hybridized carbons (Fsp3) is 0.632. The Morgan fingerprint density at radius 2 is 1.87 bits per heavy atom. The number of amides is 1. The summed E-state index contributed by atoms with van der Waals surface area (Å²) in [5, 5.41) is 6.31. The third kappa shape index (κ3) is 6.32. The van der Waals surface area contributed by atoms with E-state index in [1.165, 1.54) is 5.56 Å².